The molecule has 5 rings (SSSR count). The second-order valence-corrected chi connectivity index (χ2v) is 8.55. The number of fused-ring (bicyclic) bond motifs is 1. The van der Waals surface area contributed by atoms with Gasteiger partial charge in [-0.05, 0) is 61.6 Å². The number of benzene rings is 2. The average molecular weight is 448 g/mol. The number of nitrogens with zero attached hydrogens (tertiary/aromatic N) is 3. The highest BCUT2D eigenvalue weighted by atomic mass is 19.1. The number of aromatic amines is 1. The van der Waals surface area contributed by atoms with Crippen LogP contribution in [0, 0.1) is 5.82 Å². The van der Waals surface area contributed by atoms with Crippen molar-refractivity contribution in [1.29, 1.82) is 0 Å². The molecule has 9 heteroatoms. The third-order valence-electron chi connectivity index (χ3n) is 6.18. The quantitative estimate of drug-likeness (QED) is 0.361. The largest absolute Gasteiger partial charge is 0.382 e. The van der Waals surface area contributed by atoms with Gasteiger partial charge in [-0.3, -0.25) is 9.67 Å². The van der Waals surface area contributed by atoms with E-state index in [2.05, 4.69) is 37.9 Å². The van der Waals surface area contributed by atoms with Crippen molar-refractivity contribution in [1.82, 2.24) is 25.1 Å². The Labute approximate surface area is 190 Å². The molecule has 2 aromatic carbocycles. The predicted octanol–water partition coefficient (Wildman–Crippen LogP) is 3.34. The van der Waals surface area contributed by atoms with Crippen LogP contribution >= 0.6 is 0 Å². The minimum atomic E-state index is -0.717. The summed E-state index contributed by atoms with van der Waals surface area (Å²) in [5.74, 6) is -1.11. The van der Waals surface area contributed by atoms with Gasteiger partial charge in [-0.2, -0.15) is 10.1 Å². The zero-order valence-electron chi connectivity index (χ0n) is 18.1. The third-order valence-corrected chi connectivity index (χ3v) is 6.18. The highest BCUT2D eigenvalue weighted by molar-refractivity contribution is 5.81. The summed E-state index contributed by atoms with van der Waals surface area (Å²) in [6.45, 7) is 0.659. The van der Waals surface area contributed by atoms with E-state index in [1.54, 1.807) is 6.07 Å². The van der Waals surface area contributed by atoms with Gasteiger partial charge in [0.1, 0.15) is 0 Å². The van der Waals surface area contributed by atoms with E-state index in [1.165, 1.54) is 4.57 Å². The summed E-state index contributed by atoms with van der Waals surface area (Å²) in [5.41, 5.74) is 8.50. The van der Waals surface area contributed by atoms with Gasteiger partial charge in [0.05, 0.1) is 23.6 Å². The van der Waals surface area contributed by atoms with E-state index in [0.717, 1.165) is 54.0 Å². The molecule has 0 spiro atoms. The molecule has 170 valence electrons. The molecular weight excluding hydrogens is 421 g/mol. The highest BCUT2D eigenvalue weighted by Crippen LogP contribution is 2.24. The molecule has 33 heavy (non-hydrogen) atoms. The average Bonchev–Trinajstić information content (AvgIpc) is 3.28. The minimum Gasteiger partial charge on any atom is -0.382 e. The van der Waals surface area contributed by atoms with Crippen LogP contribution in [0.15, 0.2) is 59.7 Å². The van der Waals surface area contributed by atoms with Crippen LogP contribution in [-0.4, -0.2) is 31.8 Å². The lowest BCUT2D eigenvalue weighted by Crippen LogP contribution is -2.38. The third kappa shape index (κ3) is 4.73. The molecule has 0 radical (unpaired) electrons. The Morgan fingerprint density at radius 3 is 2.97 bits per heavy atom. The number of rotatable bonds is 6. The van der Waals surface area contributed by atoms with Crippen molar-refractivity contribution in [2.75, 3.05) is 11.1 Å². The van der Waals surface area contributed by atoms with Crippen molar-refractivity contribution in [3.8, 4) is 5.69 Å². The number of halogens is 1. The lowest BCUT2D eigenvalue weighted by molar-refractivity contribution is 0.350. The summed E-state index contributed by atoms with van der Waals surface area (Å²) in [6.07, 6.45) is 7.34. The maximum Gasteiger partial charge on any atom is 0.354 e. The van der Waals surface area contributed by atoms with E-state index in [0.29, 0.717) is 24.3 Å². The molecule has 1 fully saturated rings. The van der Waals surface area contributed by atoms with Crippen LogP contribution < -0.4 is 22.1 Å². The first kappa shape index (κ1) is 21.1. The summed E-state index contributed by atoms with van der Waals surface area (Å²) in [4.78, 5) is 15.7. The van der Waals surface area contributed by atoms with Crippen molar-refractivity contribution in [2.45, 2.75) is 44.3 Å². The molecule has 1 saturated carbocycles. The number of nitrogens with two attached hydrogens (primary N) is 1. The summed E-state index contributed by atoms with van der Waals surface area (Å²) in [7, 11) is 0. The SMILES string of the molecule is Nc1nc(=O)n(-c2cccc(CN[C@H]3CCC[C@@H](Nc4ccc5[nH]ncc5c4)C3)c2)cc1F. The van der Waals surface area contributed by atoms with E-state index in [-0.39, 0.29) is 5.82 Å². The molecule has 5 N–H and O–H groups in total. The lowest BCUT2D eigenvalue weighted by atomic mass is 9.90. The van der Waals surface area contributed by atoms with E-state index in [1.807, 2.05) is 30.5 Å². The summed E-state index contributed by atoms with van der Waals surface area (Å²) in [6, 6.07) is 14.5. The van der Waals surface area contributed by atoms with Gasteiger partial charge in [0, 0.05) is 29.7 Å². The van der Waals surface area contributed by atoms with Gasteiger partial charge >= 0.3 is 5.69 Å². The maximum atomic E-state index is 13.8. The number of aromatic nitrogens is 4. The zero-order valence-corrected chi connectivity index (χ0v) is 18.1. The Morgan fingerprint density at radius 1 is 1.18 bits per heavy atom. The van der Waals surface area contributed by atoms with Gasteiger partial charge in [0.25, 0.3) is 0 Å². The van der Waals surface area contributed by atoms with Crippen molar-refractivity contribution in [2.24, 2.45) is 0 Å². The number of nitrogen functional groups attached to an aromatic ring is 1. The van der Waals surface area contributed by atoms with Crippen molar-refractivity contribution < 1.29 is 4.39 Å². The summed E-state index contributed by atoms with van der Waals surface area (Å²) < 4.78 is 15.0. The van der Waals surface area contributed by atoms with Gasteiger partial charge < -0.3 is 16.4 Å². The van der Waals surface area contributed by atoms with Crippen LogP contribution in [0.2, 0.25) is 0 Å². The number of hydrogen-bond donors (Lipinski definition) is 4. The molecule has 2 atom stereocenters. The van der Waals surface area contributed by atoms with E-state index >= 15 is 0 Å². The van der Waals surface area contributed by atoms with E-state index in [9.17, 15) is 9.18 Å². The van der Waals surface area contributed by atoms with E-state index < -0.39 is 11.5 Å². The molecule has 1 aliphatic rings. The van der Waals surface area contributed by atoms with E-state index in [4.69, 9.17) is 5.73 Å². The Kier molecular flexibility index (Phi) is 5.78. The standard InChI is InChI=1S/C24H26FN7O/c25-21-14-32(24(33)30-23(21)26)20-6-1-3-15(9-20)12-27-17-4-2-5-18(11-17)29-19-7-8-22-16(10-19)13-28-31-22/h1,3,6-10,13-14,17-18,27,29H,2,4-5,11-12H2,(H,28,31)(H2,26,30,33)/t17-,18+/m0/s1. The molecule has 0 saturated heterocycles. The second-order valence-electron chi connectivity index (χ2n) is 8.55. The van der Waals surface area contributed by atoms with Gasteiger partial charge in [0.2, 0.25) is 0 Å². The Hall–Kier alpha value is -3.72. The van der Waals surface area contributed by atoms with Gasteiger partial charge in [-0.25, -0.2) is 9.18 Å². The van der Waals surface area contributed by atoms with Crippen LogP contribution in [0.5, 0.6) is 0 Å². The number of nitrogens with one attached hydrogen (secondary N) is 3. The normalized spacial score (nSPS) is 18.5. The first-order valence-corrected chi connectivity index (χ1v) is 11.1. The molecule has 8 nitrogen and oxygen atoms in total. The molecule has 1 aliphatic carbocycles. The smallest absolute Gasteiger partial charge is 0.354 e. The van der Waals surface area contributed by atoms with Gasteiger partial charge in [-0.15, -0.1) is 0 Å². The molecular formula is C24H26FN7O. The monoisotopic (exact) mass is 447 g/mol. The van der Waals surface area contributed by atoms with Gasteiger partial charge in [-0.1, -0.05) is 12.1 Å². The second kappa shape index (κ2) is 9.03. The van der Waals surface area contributed by atoms with Crippen LogP contribution in [0.1, 0.15) is 31.2 Å². The first-order chi connectivity index (χ1) is 16.0. The Bertz CT molecular complexity index is 1330. The molecule has 4 aromatic rings. The highest BCUT2D eigenvalue weighted by Gasteiger charge is 2.21. The fourth-order valence-electron chi connectivity index (χ4n) is 4.48. The van der Waals surface area contributed by atoms with Crippen molar-refractivity contribution in [3.05, 3.63) is 76.7 Å². The molecule has 2 heterocycles. The molecule has 0 amide bonds. The topological polar surface area (TPSA) is 114 Å². The maximum absolute atomic E-state index is 13.8. The summed E-state index contributed by atoms with van der Waals surface area (Å²) >= 11 is 0. The molecule has 2 aromatic heterocycles. The minimum absolute atomic E-state index is 0.385. The number of H-pyrrole nitrogens is 1. The van der Waals surface area contributed by atoms with Crippen LogP contribution in [0.25, 0.3) is 16.6 Å². The summed E-state index contributed by atoms with van der Waals surface area (Å²) in [5, 5.41) is 15.5. The van der Waals surface area contributed by atoms with Crippen LogP contribution in [-0.2, 0) is 6.54 Å². The molecule has 0 aliphatic heterocycles. The fraction of sp³-hybridized carbons (Fsp3) is 0.292. The van der Waals surface area contributed by atoms with Gasteiger partial charge in [0.15, 0.2) is 11.6 Å². The number of hydrogen-bond acceptors (Lipinski definition) is 6. The van der Waals surface area contributed by atoms with Crippen molar-refractivity contribution >= 4 is 22.4 Å². The Morgan fingerprint density at radius 2 is 2.06 bits per heavy atom. The van der Waals surface area contributed by atoms with Crippen LogP contribution in [0.3, 0.4) is 0 Å². The Balaban J connectivity index is 1.22. The number of anilines is 2. The predicted molar refractivity (Wildman–Crippen MR) is 127 cm³/mol. The lowest BCUT2D eigenvalue weighted by Gasteiger charge is -2.31. The fourth-order valence-corrected chi connectivity index (χ4v) is 4.48. The molecule has 0 unspecified atom stereocenters. The molecule has 0 bridgehead atoms. The van der Waals surface area contributed by atoms with Crippen molar-refractivity contribution in [3.63, 3.8) is 0 Å². The zero-order chi connectivity index (χ0) is 22.8. The first-order valence-electron chi connectivity index (χ1n) is 11.1. The van der Waals surface area contributed by atoms with Crippen LogP contribution in [0.4, 0.5) is 15.9 Å².